The maximum absolute atomic E-state index is 6.06. The highest BCUT2D eigenvalue weighted by Crippen LogP contribution is 2.20. The van der Waals surface area contributed by atoms with Gasteiger partial charge in [0, 0.05) is 6.04 Å². The Morgan fingerprint density at radius 2 is 1.67 bits per heavy atom. The van der Waals surface area contributed by atoms with Crippen molar-refractivity contribution in [3.8, 4) is 0 Å². The van der Waals surface area contributed by atoms with Crippen molar-refractivity contribution in [1.29, 1.82) is 0 Å². The molecule has 0 bridgehead atoms. The largest absolute Gasteiger partial charge is 0.324 e. The second kappa shape index (κ2) is 5.13. The molecule has 0 saturated carbocycles. The van der Waals surface area contributed by atoms with Gasteiger partial charge in [0.25, 0.3) is 0 Å². The molecule has 0 aliphatic rings. The minimum Gasteiger partial charge on any atom is -0.324 e. The molecular weight excluding hydrogens is 182 g/mol. The van der Waals surface area contributed by atoms with Crippen LogP contribution in [0.1, 0.15) is 50.3 Å². The molecule has 0 fully saturated rings. The van der Waals surface area contributed by atoms with Gasteiger partial charge in [0.1, 0.15) is 0 Å². The molecule has 0 aromatic heterocycles. The van der Waals surface area contributed by atoms with E-state index in [9.17, 15) is 0 Å². The zero-order valence-corrected chi connectivity index (χ0v) is 9.96. The van der Waals surface area contributed by atoms with Crippen LogP contribution in [0.25, 0.3) is 0 Å². The summed E-state index contributed by atoms with van der Waals surface area (Å²) in [5.41, 5.74) is 9.75. The first-order valence-electron chi connectivity index (χ1n) is 5.50. The molecule has 2 N–H and O–H groups in total. The van der Waals surface area contributed by atoms with Crippen LogP contribution in [0.5, 0.6) is 0 Å². The van der Waals surface area contributed by atoms with Gasteiger partial charge in [-0.3, -0.25) is 0 Å². The first kappa shape index (κ1) is 12.0. The Labute approximate surface area is 93.0 Å². The molecule has 0 aliphatic heterocycles. The lowest BCUT2D eigenvalue weighted by atomic mass is 9.97. The number of nitrogens with two attached hydrogens (primary N) is 1. The second-order valence-electron chi connectivity index (χ2n) is 4.59. The number of benzene rings is 1. The molecule has 1 nitrogen and oxygen atoms in total. The van der Waals surface area contributed by atoms with Crippen molar-refractivity contribution in [1.82, 2.24) is 0 Å². The molecule has 1 rings (SSSR count). The summed E-state index contributed by atoms with van der Waals surface area (Å²) in [6.07, 6.45) is 0.862. The summed E-state index contributed by atoms with van der Waals surface area (Å²) >= 11 is 0. The van der Waals surface area contributed by atoms with Gasteiger partial charge in [-0.1, -0.05) is 43.7 Å². The Morgan fingerprint density at radius 1 is 1.20 bits per heavy atom. The molecule has 15 heavy (non-hydrogen) atoms. The summed E-state index contributed by atoms with van der Waals surface area (Å²) in [6, 6.07) is 8.67. The lowest BCUT2D eigenvalue weighted by molar-refractivity contribution is 0.715. The highest BCUT2D eigenvalue weighted by atomic mass is 14.6. The Morgan fingerprint density at radius 3 is 2.07 bits per heavy atom. The smallest absolute Gasteiger partial charge is 0.0332 e. The molecule has 0 aliphatic carbocycles. The average Bonchev–Trinajstić information content (AvgIpc) is 2.17. The molecule has 1 atom stereocenters. The third-order valence-electron chi connectivity index (χ3n) is 2.60. The average molecular weight is 203 g/mol. The minimum atomic E-state index is 0.0868. The maximum Gasteiger partial charge on any atom is 0.0332 e. The zero-order valence-electron chi connectivity index (χ0n) is 9.96. The molecule has 82 valence electrons. The molecule has 1 heteroatoms. The van der Waals surface area contributed by atoms with E-state index >= 15 is 0 Å². The van der Waals surface area contributed by atoms with Gasteiger partial charge in [-0.15, -0.1) is 6.58 Å². The van der Waals surface area contributed by atoms with Crippen molar-refractivity contribution in [3.05, 3.63) is 47.5 Å². The van der Waals surface area contributed by atoms with Crippen LogP contribution in [0.4, 0.5) is 0 Å². The summed E-state index contributed by atoms with van der Waals surface area (Å²) in [5, 5.41) is 0. The van der Waals surface area contributed by atoms with Crippen molar-refractivity contribution in [2.45, 2.75) is 39.2 Å². The van der Waals surface area contributed by atoms with Crippen LogP contribution in [0.2, 0.25) is 0 Å². The normalized spacial score (nSPS) is 12.9. The SMILES string of the molecule is C=C(C)CC(N)c1ccc(C(C)C)cc1. The van der Waals surface area contributed by atoms with E-state index in [0.717, 1.165) is 12.0 Å². The van der Waals surface area contributed by atoms with E-state index in [0.29, 0.717) is 5.92 Å². The highest BCUT2D eigenvalue weighted by molar-refractivity contribution is 5.27. The summed E-state index contributed by atoms with van der Waals surface area (Å²) in [6.45, 7) is 10.3. The van der Waals surface area contributed by atoms with Crippen molar-refractivity contribution in [2.24, 2.45) is 5.73 Å². The Kier molecular flexibility index (Phi) is 4.10. The molecule has 0 heterocycles. The predicted octanol–water partition coefficient (Wildman–Crippen LogP) is 3.78. The lowest BCUT2D eigenvalue weighted by Gasteiger charge is -2.13. The monoisotopic (exact) mass is 203 g/mol. The van der Waals surface area contributed by atoms with Crippen LogP contribution in [0, 0.1) is 0 Å². The molecule has 0 saturated heterocycles. The Bertz CT molecular complexity index is 322. The Balaban J connectivity index is 2.75. The lowest BCUT2D eigenvalue weighted by Crippen LogP contribution is -2.10. The standard InChI is InChI=1S/C14H21N/c1-10(2)9-14(15)13-7-5-12(6-8-13)11(3)4/h5-8,11,14H,1,9,15H2,2-4H3. The van der Waals surface area contributed by atoms with Crippen molar-refractivity contribution < 1.29 is 0 Å². The molecule has 1 aromatic rings. The van der Waals surface area contributed by atoms with Crippen LogP contribution >= 0.6 is 0 Å². The third kappa shape index (κ3) is 3.52. The summed E-state index contributed by atoms with van der Waals surface area (Å²) in [7, 11) is 0. The number of hydrogen-bond donors (Lipinski definition) is 1. The molecule has 1 aromatic carbocycles. The Hall–Kier alpha value is -1.08. The fourth-order valence-corrected chi connectivity index (χ4v) is 1.62. The van der Waals surface area contributed by atoms with E-state index in [4.69, 9.17) is 5.73 Å². The van der Waals surface area contributed by atoms with Gasteiger partial charge < -0.3 is 5.73 Å². The molecule has 0 spiro atoms. The summed E-state index contributed by atoms with van der Waals surface area (Å²) in [5.74, 6) is 0.580. The van der Waals surface area contributed by atoms with Gasteiger partial charge in [-0.25, -0.2) is 0 Å². The van der Waals surface area contributed by atoms with Gasteiger partial charge in [0.2, 0.25) is 0 Å². The van der Waals surface area contributed by atoms with E-state index in [1.54, 1.807) is 0 Å². The molecular formula is C14H21N. The van der Waals surface area contributed by atoms with Gasteiger partial charge in [-0.2, -0.15) is 0 Å². The van der Waals surface area contributed by atoms with Crippen LogP contribution in [-0.2, 0) is 0 Å². The number of hydrogen-bond acceptors (Lipinski definition) is 1. The van der Waals surface area contributed by atoms with Gasteiger partial charge >= 0.3 is 0 Å². The highest BCUT2D eigenvalue weighted by Gasteiger charge is 2.06. The summed E-state index contributed by atoms with van der Waals surface area (Å²) in [4.78, 5) is 0. The van der Waals surface area contributed by atoms with E-state index in [-0.39, 0.29) is 6.04 Å². The van der Waals surface area contributed by atoms with Crippen LogP contribution in [0.15, 0.2) is 36.4 Å². The molecule has 0 radical (unpaired) electrons. The fraction of sp³-hybridized carbons (Fsp3) is 0.429. The van der Waals surface area contributed by atoms with Crippen molar-refractivity contribution in [3.63, 3.8) is 0 Å². The fourth-order valence-electron chi connectivity index (χ4n) is 1.62. The van der Waals surface area contributed by atoms with E-state index in [1.165, 1.54) is 11.1 Å². The van der Waals surface area contributed by atoms with Crippen LogP contribution in [-0.4, -0.2) is 0 Å². The van der Waals surface area contributed by atoms with Crippen LogP contribution < -0.4 is 5.73 Å². The summed E-state index contributed by atoms with van der Waals surface area (Å²) < 4.78 is 0. The number of rotatable bonds is 4. The van der Waals surface area contributed by atoms with E-state index in [1.807, 2.05) is 6.92 Å². The molecule has 0 amide bonds. The zero-order chi connectivity index (χ0) is 11.4. The van der Waals surface area contributed by atoms with E-state index in [2.05, 4.69) is 44.7 Å². The van der Waals surface area contributed by atoms with Gasteiger partial charge in [0.15, 0.2) is 0 Å². The van der Waals surface area contributed by atoms with Crippen LogP contribution in [0.3, 0.4) is 0 Å². The van der Waals surface area contributed by atoms with Crippen molar-refractivity contribution in [2.75, 3.05) is 0 Å². The van der Waals surface area contributed by atoms with Crippen molar-refractivity contribution >= 4 is 0 Å². The topological polar surface area (TPSA) is 26.0 Å². The molecule has 1 unspecified atom stereocenters. The minimum absolute atomic E-state index is 0.0868. The quantitative estimate of drug-likeness (QED) is 0.740. The first-order chi connectivity index (χ1) is 7.00. The van der Waals surface area contributed by atoms with E-state index < -0.39 is 0 Å². The maximum atomic E-state index is 6.06. The van der Waals surface area contributed by atoms with Gasteiger partial charge in [0.05, 0.1) is 0 Å². The second-order valence-corrected chi connectivity index (χ2v) is 4.59. The third-order valence-corrected chi connectivity index (χ3v) is 2.60. The predicted molar refractivity (Wildman–Crippen MR) is 66.9 cm³/mol. The first-order valence-corrected chi connectivity index (χ1v) is 5.50. The van der Waals surface area contributed by atoms with Gasteiger partial charge in [-0.05, 0) is 30.4 Å².